The number of carbonyl (C=O) groups is 1. The van der Waals surface area contributed by atoms with Crippen molar-refractivity contribution in [1.29, 1.82) is 0 Å². The predicted molar refractivity (Wildman–Crippen MR) is 119 cm³/mol. The van der Waals surface area contributed by atoms with E-state index in [9.17, 15) is 4.79 Å². The maximum Gasteiger partial charge on any atom is 0.225 e. The summed E-state index contributed by atoms with van der Waals surface area (Å²) in [5.74, 6) is 1.19. The Kier molecular flexibility index (Phi) is 5.53. The molecule has 5 heteroatoms. The maximum atomic E-state index is 12.8. The number of rotatable bonds is 4. The number of carbonyl (C=O) groups excluding carboxylic acids is 1. The van der Waals surface area contributed by atoms with Crippen molar-refractivity contribution in [2.24, 2.45) is 11.8 Å². The lowest BCUT2D eigenvalue weighted by atomic mass is 9.79. The van der Waals surface area contributed by atoms with Gasteiger partial charge in [0.1, 0.15) is 5.72 Å². The summed E-state index contributed by atoms with van der Waals surface area (Å²) in [4.78, 5) is 20.1. The molecule has 5 nitrogen and oxygen atoms in total. The van der Waals surface area contributed by atoms with Crippen LogP contribution in [0.1, 0.15) is 57.9 Å². The molecule has 1 aromatic carbocycles. The van der Waals surface area contributed by atoms with Crippen LogP contribution in [-0.2, 0) is 16.1 Å². The average Bonchev–Trinajstić information content (AvgIpc) is 3.17. The van der Waals surface area contributed by atoms with Gasteiger partial charge in [-0.05, 0) is 49.3 Å². The lowest BCUT2D eigenvalue weighted by molar-refractivity contribution is -0.193. The van der Waals surface area contributed by atoms with E-state index in [0.717, 1.165) is 32.5 Å². The zero-order valence-electron chi connectivity index (χ0n) is 18.7. The minimum Gasteiger partial charge on any atom is -0.372 e. The molecule has 1 spiro atoms. The second-order valence-corrected chi connectivity index (χ2v) is 10.2. The molecule has 0 saturated carbocycles. The quantitative estimate of drug-likeness (QED) is 0.754. The van der Waals surface area contributed by atoms with Crippen LogP contribution in [0.4, 0.5) is 5.69 Å². The first-order valence-corrected chi connectivity index (χ1v) is 12.1. The fourth-order valence-corrected chi connectivity index (χ4v) is 6.22. The van der Waals surface area contributed by atoms with E-state index in [-0.39, 0.29) is 11.8 Å². The highest BCUT2D eigenvalue weighted by atomic mass is 16.5. The van der Waals surface area contributed by atoms with Crippen LogP contribution >= 0.6 is 0 Å². The van der Waals surface area contributed by atoms with Crippen molar-refractivity contribution in [3.05, 3.63) is 29.8 Å². The van der Waals surface area contributed by atoms with Gasteiger partial charge in [-0.15, -0.1) is 0 Å². The van der Waals surface area contributed by atoms with Gasteiger partial charge in [-0.25, -0.2) is 0 Å². The number of piperidine rings is 3. The minimum absolute atomic E-state index is 0.245. The van der Waals surface area contributed by atoms with Crippen molar-refractivity contribution < 1.29 is 9.53 Å². The second-order valence-electron chi connectivity index (χ2n) is 10.2. The van der Waals surface area contributed by atoms with Crippen LogP contribution in [-0.4, -0.2) is 60.3 Å². The number of ether oxygens (including phenoxy) is 1. The number of likely N-dealkylation sites (tertiary alicyclic amines) is 1. The highest BCUT2D eigenvalue weighted by Crippen LogP contribution is 2.47. The molecule has 4 saturated heterocycles. The summed E-state index contributed by atoms with van der Waals surface area (Å²) in [6.07, 6.45) is 6.59. The number of anilines is 1. The summed E-state index contributed by atoms with van der Waals surface area (Å²) in [7, 11) is 0. The van der Waals surface area contributed by atoms with Gasteiger partial charge < -0.3 is 14.5 Å². The Morgan fingerprint density at radius 1 is 1.10 bits per heavy atom. The van der Waals surface area contributed by atoms with Gasteiger partial charge in [0.25, 0.3) is 0 Å². The van der Waals surface area contributed by atoms with Crippen LogP contribution in [0.25, 0.3) is 0 Å². The fraction of sp³-hybridized carbons (Fsp3) is 0.720. The van der Waals surface area contributed by atoms with Gasteiger partial charge in [0.05, 0.1) is 12.6 Å². The van der Waals surface area contributed by atoms with Crippen molar-refractivity contribution in [1.82, 2.24) is 9.80 Å². The first-order chi connectivity index (χ1) is 14.6. The van der Waals surface area contributed by atoms with Gasteiger partial charge in [0, 0.05) is 57.2 Å². The summed E-state index contributed by atoms with van der Waals surface area (Å²) >= 11 is 0. The maximum absolute atomic E-state index is 12.8. The summed E-state index contributed by atoms with van der Waals surface area (Å²) in [6, 6.07) is 9.48. The monoisotopic (exact) mass is 411 g/mol. The van der Waals surface area contributed by atoms with Crippen molar-refractivity contribution >= 4 is 11.6 Å². The first-order valence-electron chi connectivity index (χ1n) is 12.1. The summed E-state index contributed by atoms with van der Waals surface area (Å²) < 4.78 is 6.45. The average molecular weight is 412 g/mol. The van der Waals surface area contributed by atoms with Gasteiger partial charge in [-0.1, -0.05) is 26.0 Å². The Labute approximate surface area is 181 Å². The Bertz CT molecular complexity index is 758. The van der Waals surface area contributed by atoms with E-state index in [4.69, 9.17) is 4.74 Å². The molecule has 0 N–H and O–H groups in total. The molecule has 0 unspecified atom stereocenters. The molecule has 0 aromatic heterocycles. The Morgan fingerprint density at radius 2 is 1.87 bits per heavy atom. The normalized spacial score (nSPS) is 32.4. The third kappa shape index (κ3) is 3.54. The standard InChI is InChI=1S/C25H37N3O2/c1-19(2)23-18-30-25-12-15-26(17-21(25)8-11-24(29)28(23)25)16-20-6-9-22(10-7-20)27-13-4-3-5-14-27/h6-7,9-10,19,21,23H,3-5,8,11-18H2,1-2H3/t21-,23-,25-/m1/s1. The number of amides is 1. The van der Waals surface area contributed by atoms with Crippen molar-refractivity contribution in [2.75, 3.05) is 37.7 Å². The van der Waals surface area contributed by atoms with Gasteiger partial charge in [-0.2, -0.15) is 0 Å². The SMILES string of the molecule is CC(C)[C@H]1CO[C@]23CCN(Cc4ccc(N5CCCCC5)cc4)C[C@H]2CCC(=O)N13. The molecule has 1 amide bonds. The van der Waals surface area contributed by atoms with Crippen LogP contribution in [0.2, 0.25) is 0 Å². The molecule has 0 radical (unpaired) electrons. The summed E-state index contributed by atoms with van der Waals surface area (Å²) in [5, 5.41) is 0. The molecule has 4 fully saturated rings. The first kappa shape index (κ1) is 20.3. The van der Waals surface area contributed by atoms with E-state index in [1.54, 1.807) is 0 Å². The number of nitrogens with zero attached hydrogens (tertiary/aromatic N) is 3. The highest BCUT2D eigenvalue weighted by molar-refractivity contribution is 5.78. The summed E-state index contributed by atoms with van der Waals surface area (Å²) in [5.41, 5.74) is 2.43. The molecule has 0 aliphatic carbocycles. The molecular weight excluding hydrogens is 374 g/mol. The van der Waals surface area contributed by atoms with E-state index in [1.165, 1.54) is 43.6 Å². The molecule has 0 bridgehead atoms. The van der Waals surface area contributed by atoms with Crippen LogP contribution in [0.15, 0.2) is 24.3 Å². The van der Waals surface area contributed by atoms with Gasteiger partial charge in [0.2, 0.25) is 5.91 Å². The van der Waals surface area contributed by atoms with Crippen molar-refractivity contribution in [3.63, 3.8) is 0 Å². The van der Waals surface area contributed by atoms with Gasteiger partial charge >= 0.3 is 0 Å². The van der Waals surface area contributed by atoms with E-state index < -0.39 is 0 Å². The van der Waals surface area contributed by atoms with E-state index in [1.807, 2.05) is 0 Å². The number of hydrogen-bond donors (Lipinski definition) is 0. The minimum atomic E-state index is -0.334. The Hall–Kier alpha value is -1.59. The summed E-state index contributed by atoms with van der Waals surface area (Å²) in [6.45, 7) is 10.6. The van der Waals surface area contributed by atoms with E-state index >= 15 is 0 Å². The van der Waals surface area contributed by atoms with Crippen LogP contribution in [0, 0.1) is 11.8 Å². The largest absolute Gasteiger partial charge is 0.372 e. The molecule has 164 valence electrons. The Morgan fingerprint density at radius 3 is 2.60 bits per heavy atom. The predicted octanol–water partition coefficient (Wildman–Crippen LogP) is 3.87. The lowest BCUT2D eigenvalue weighted by Gasteiger charge is -2.53. The molecule has 1 aromatic rings. The van der Waals surface area contributed by atoms with E-state index in [0.29, 0.717) is 30.8 Å². The number of benzene rings is 1. The Balaban J connectivity index is 1.24. The molecule has 3 atom stereocenters. The molecular formula is C25H37N3O2. The smallest absolute Gasteiger partial charge is 0.225 e. The number of hydrogen-bond acceptors (Lipinski definition) is 4. The molecule has 30 heavy (non-hydrogen) atoms. The van der Waals surface area contributed by atoms with E-state index in [2.05, 4.69) is 52.8 Å². The van der Waals surface area contributed by atoms with Crippen LogP contribution < -0.4 is 4.90 Å². The van der Waals surface area contributed by atoms with Gasteiger partial charge in [0.15, 0.2) is 0 Å². The van der Waals surface area contributed by atoms with Crippen LogP contribution in [0.5, 0.6) is 0 Å². The highest BCUT2D eigenvalue weighted by Gasteiger charge is 2.58. The van der Waals surface area contributed by atoms with Crippen molar-refractivity contribution in [3.8, 4) is 0 Å². The third-order valence-corrected chi connectivity index (χ3v) is 7.95. The molecule has 4 aliphatic heterocycles. The lowest BCUT2D eigenvalue weighted by Crippen LogP contribution is -2.65. The molecule has 4 heterocycles. The zero-order valence-corrected chi connectivity index (χ0v) is 18.7. The molecule has 5 rings (SSSR count). The third-order valence-electron chi connectivity index (χ3n) is 7.95. The van der Waals surface area contributed by atoms with Crippen molar-refractivity contribution in [2.45, 2.75) is 70.7 Å². The van der Waals surface area contributed by atoms with Crippen LogP contribution in [0.3, 0.4) is 0 Å². The fourth-order valence-electron chi connectivity index (χ4n) is 6.22. The zero-order chi connectivity index (χ0) is 20.7. The topological polar surface area (TPSA) is 36.0 Å². The van der Waals surface area contributed by atoms with Gasteiger partial charge in [-0.3, -0.25) is 9.69 Å². The molecule has 4 aliphatic rings. The second kappa shape index (κ2) is 8.16.